The van der Waals surface area contributed by atoms with E-state index in [0.29, 0.717) is 0 Å². The molecule has 0 saturated heterocycles. The molecule has 1 heterocycles. The van der Waals surface area contributed by atoms with Gasteiger partial charge in [-0.2, -0.15) is 5.26 Å². The minimum atomic E-state index is -4.05. The van der Waals surface area contributed by atoms with Crippen molar-refractivity contribution in [2.75, 3.05) is 4.72 Å². The number of pyridine rings is 1. The number of nitriles is 1. The predicted molar refractivity (Wildman–Crippen MR) is 66.2 cm³/mol. The number of hydrogen-bond acceptors (Lipinski definition) is 4. The molecule has 0 aliphatic carbocycles. The molecule has 1 aromatic heterocycles. The zero-order valence-electron chi connectivity index (χ0n) is 9.54. The van der Waals surface area contributed by atoms with E-state index in [-0.39, 0.29) is 16.3 Å². The highest BCUT2D eigenvalue weighted by molar-refractivity contribution is 7.92. The highest BCUT2D eigenvalue weighted by atomic mass is 32.2. The minimum Gasteiger partial charge on any atom is -0.277 e. The van der Waals surface area contributed by atoms with Crippen LogP contribution in [0.25, 0.3) is 0 Å². The van der Waals surface area contributed by atoms with Gasteiger partial charge in [0.1, 0.15) is 16.8 Å². The third-order valence-electron chi connectivity index (χ3n) is 2.28. The lowest BCUT2D eigenvalue weighted by molar-refractivity contribution is 0.598. The molecule has 0 aliphatic rings. The fourth-order valence-corrected chi connectivity index (χ4v) is 2.61. The second kappa shape index (κ2) is 5.04. The maximum atomic E-state index is 13.4. The molecule has 1 N–H and O–H groups in total. The van der Waals surface area contributed by atoms with E-state index in [9.17, 15) is 12.8 Å². The number of nitrogens with zero attached hydrogens (tertiary/aromatic N) is 2. The molecule has 0 saturated carbocycles. The van der Waals surface area contributed by atoms with Gasteiger partial charge in [0.25, 0.3) is 10.0 Å². The Bertz CT molecular complexity index is 754. The molecule has 0 bridgehead atoms. The summed E-state index contributed by atoms with van der Waals surface area (Å²) in [6.45, 7) is 0. The van der Waals surface area contributed by atoms with Gasteiger partial charge in [-0.05, 0) is 24.3 Å². The van der Waals surface area contributed by atoms with Crippen LogP contribution in [0.1, 0.15) is 5.69 Å². The molecule has 96 valence electrons. The molecule has 7 heteroatoms. The predicted octanol–water partition coefficient (Wildman–Crippen LogP) is 1.89. The van der Waals surface area contributed by atoms with Crippen LogP contribution in [0.5, 0.6) is 0 Å². The third kappa shape index (κ3) is 2.69. The molecule has 0 fully saturated rings. The first-order chi connectivity index (χ1) is 9.04. The normalized spacial score (nSPS) is 10.7. The van der Waals surface area contributed by atoms with Crippen molar-refractivity contribution in [2.45, 2.75) is 4.90 Å². The largest absolute Gasteiger partial charge is 0.277 e. The van der Waals surface area contributed by atoms with Crippen LogP contribution in [0.2, 0.25) is 0 Å². The van der Waals surface area contributed by atoms with Crippen molar-refractivity contribution in [3.63, 3.8) is 0 Å². The van der Waals surface area contributed by atoms with Gasteiger partial charge in [0.05, 0.1) is 5.69 Å². The lowest BCUT2D eigenvalue weighted by Crippen LogP contribution is -2.15. The van der Waals surface area contributed by atoms with Gasteiger partial charge in [-0.3, -0.25) is 4.72 Å². The number of aromatic nitrogens is 1. The Balaban J connectivity index is 2.45. The Hall–Kier alpha value is -2.46. The SMILES string of the molecule is N#Cc1ncccc1S(=O)(=O)Nc1ccccc1F. The zero-order valence-corrected chi connectivity index (χ0v) is 10.4. The van der Waals surface area contributed by atoms with Gasteiger partial charge in [0, 0.05) is 6.20 Å². The standard InChI is InChI=1S/C12H8FN3O2S/c13-9-4-1-2-5-10(9)16-19(17,18)12-6-3-7-15-11(12)8-14/h1-7,16H. The van der Waals surface area contributed by atoms with Gasteiger partial charge >= 0.3 is 0 Å². The minimum absolute atomic E-state index is 0.185. The van der Waals surface area contributed by atoms with Crippen molar-refractivity contribution in [3.05, 3.63) is 54.1 Å². The van der Waals surface area contributed by atoms with E-state index in [2.05, 4.69) is 9.71 Å². The Kier molecular flexibility index (Phi) is 3.44. The Labute approximate surface area is 109 Å². The van der Waals surface area contributed by atoms with Crippen LogP contribution in [0.4, 0.5) is 10.1 Å². The van der Waals surface area contributed by atoms with E-state index in [1.54, 1.807) is 6.07 Å². The summed E-state index contributed by atoms with van der Waals surface area (Å²) in [7, 11) is -4.05. The van der Waals surface area contributed by atoms with Crippen LogP contribution in [0.15, 0.2) is 47.5 Å². The molecule has 5 nitrogen and oxygen atoms in total. The van der Waals surface area contributed by atoms with Gasteiger partial charge in [0.2, 0.25) is 0 Å². The average molecular weight is 277 g/mol. The summed E-state index contributed by atoms with van der Waals surface area (Å²) in [4.78, 5) is 3.36. The third-order valence-corrected chi connectivity index (χ3v) is 3.68. The second-order valence-electron chi connectivity index (χ2n) is 3.55. The molecule has 0 aliphatic heterocycles. The molecule has 19 heavy (non-hydrogen) atoms. The second-order valence-corrected chi connectivity index (χ2v) is 5.20. The van der Waals surface area contributed by atoms with Crippen molar-refractivity contribution >= 4 is 15.7 Å². The van der Waals surface area contributed by atoms with Crippen molar-refractivity contribution in [3.8, 4) is 6.07 Å². The summed E-state index contributed by atoms with van der Waals surface area (Å²) in [5.74, 6) is -0.700. The fraction of sp³-hybridized carbons (Fsp3) is 0. The van der Waals surface area contributed by atoms with E-state index in [1.165, 1.54) is 36.5 Å². The molecule has 2 rings (SSSR count). The number of halogens is 1. The summed E-state index contributed by atoms with van der Waals surface area (Å²) in [6.07, 6.45) is 1.31. The molecule has 0 unspecified atom stereocenters. The van der Waals surface area contributed by atoms with E-state index >= 15 is 0 Å². The van der Waals surface area contributed by atoms with Gasteiger partial charge in [-0.1, -0.05) is 12.1 Å². The van der Waals surface area contributed by atoms with Crippen LogP contribution >= 0.6 is 0 Å². The van der Waals surface area contributed by atoms with Crippen LogP contribution in [0.3, 0.4) is 0 Å². The fourth-order valence-electron chi connectivity index (χ4n) is 1.44. The summed E-state index contributed by atoms with van der Waals surface area (Å²) in [5, 5.41) is 8.82. The van der Waals surface area contributed by atoms with E-state index in [4.69, 9.17) is 5.26 Å². The average Bonchev–Trinajstić information content (AvgIpc) is 2.41. The Morgan fingerprint density at radius 1 is 1.21 bits per heavy atom. The van der Waals surface area contributed by atoms with Gasteiger partial charge in [0.15, 0.2) is 5.69 Å². The number of benzene rings is 1. The molecule has 0 spiro atoms. The number of anilines is 1. The van der Waals surface area contributed by atoms with Crippen molar-refractivity contribution in [1.82, 2.24) is 4.98 Å². The summed E-state index contributed by atoms with van der Waals surface area (Å²) >= 11 is 0. The first-order valence-electron chi connectivity index (χ1n) is 5.17. The van der Waals surface area contributed by atoms with E-state index in [0.717, 1.165) is 6.07 Å². The van der Waals surface area contributed by atoms with Crippen LogP contribution in [-0.2, 0) is 10.0 Å². The molecule has 1 aromatic carbocycles. The zero-order chi connectivity index (χ0) is 13.9. The Morgan fingerprint density at radius 3 is 2.63 bits per heavy atom. The molecule has 0 amide bonds. The lowest BCUT2D eigenvalue weighted by Gasteiger charge is -2.09. The van der Waals surface area contributed by atoms with Crippen molar-refractivity contribution in [2.24, 2.45) is 0 Å². The van der Waals surface area contributed by atoms with Gasteiger partial charge in [-0.25, -0.2) is 17.8 Å². The summed E-state index contributed by atoms with van der Waals surface area (Å²) in [5.41, 5.74) is -0.429. The quantitative estimate of drug-likeness (QED) is 0.928. The maximum Gasteiger partial charge on any atom is 0.264 e. The monoisotopic (exact) mass is 277 g/mol. The van der Waals surface area contributed by atoms with Crippen molar-refractivity contribution < 1.29 is 12.8 Å². The molecular formula is C12H8FN3O2S. The molecule has 0 atom stereocenters. The van der Waals surface area contributed by atoms with Gasteiger partial charge < -0.3 is 0 Å². The topological polar surface area (TPSA) is 82.8 Å². The van der Waals surface area contributed by atoms with E-state index < -0.39 is 15.8 Å². The van der Waals surface area contributed by atoms with Crippen LogP contribution < -0.4 is 4.72 Å². The number of para-hydroxylation sites is 1. The molecular weight excluding hydrogens is 269 g/mol. The first-order valence-corrected chi connectivity index (χ1v) is 6.65. The van der Waals surface area contributed by atoms with Crippen LogP contribution in [0, 0.1) is 17.1 Å². The number of hydrogen-bond donors (Lipinski definition) is 1. The number of nitrogens with one attached hydrogen (secondary N) is 1. The molecule has 2 aromatic rings. The van der Waals surface area contributed by atoms with E-state index in [1.807, 2.05) is 0 Å². The lowest BCUT2D eigenvalue weighted by atomic mass is 10.3. The number of rotatable bonds is 3. The van der Waals surface area contributed by atoms with Crippen LogP contribution in [-0.4, -0.2) is 13.4 Å². The smallest absolute Gasteiger partial charge is 0.264 e. The van der Waals surface area contributed by atoms with Crippen molar-refractivity contribution in [1.29, 1.82) is 5.26 Å². The number of sulfonamides is 1. The molecule has 0 radical (unpaired) electrons. The maximum absolute atomic E-state index is 13.4. The summed E-state index contributed by atoms with van der Waals surface area (Å²) < 4.78 is 39.6. The summed E-state index contributed by atoms with van der Waals surface area (Å²) in [6, 6.07) is 9.65. The Morgan fingerprint density at radius 2 is 1.95 bits per heavy atom. The van der Waals surface area contributed by atoms with Gasteiger partial charge in [-0.15, -0.1) is 0 Å². The highest BCUT2D eigenvalue weighted by Gasteiger charge is 2.20. The first kappa shape index (κ1) is 13.0. The highest BCUT2D eigenvalue weighted by Crippen LogP contribution is 2.19.